The van der Waals surface area contributed by atoms with Gasteiger partial charge in [-0.2, -0.15) is 30.5 Å². The van der Waals surface area contributed by atoms with E-state index in [1.807, 2.05) is 0 Å². The third-order valence-electron chi connectivity index (χ3n) is 3.26. The molecule has 0 nitrogen and oxygen atoms in total. The molecule has 0 N–H and O–H groups in total. The van der Waals surface area contributed by atoms with Crippen LogP contribution in [0.1, 0.15) is 36.3 Å². The van der Waals surface area contributed by atoms with Crippen LogP contribution in [-0.2, 0) is 0 Å². The number of hydrogen-bond donors (Lipinski definition) is 0. The first-order valence-corrected chi connectivity index (χ1v) is 6.62. The molecule has 0 amide bonds. The first-order chi connectivity index (χ1) is 8.90. The topological polar surface area (TPSA) is 0 Å². The fourth-order valence-corrected chi connectivity index (χ4v) is 2.26. The van der Waals surface area contributed by atoms with E-state index in [1.165, 1.54) is 11.1 Å². The van der Waals surface area contributed by atoms with Crippen molar-refractivity contribution in [2.45, 2.75) is 25.2 Å². The maximum atomic E-state index is 3.99. The van der Waals surface area contributed by atoms with Crippen LogP contribution >= 0.6 is 0 Å². The molecule has 0 fully saturated rings. The summed E-state index contributed by atoms with van der Waals surface area (Å²) >= 11 is 0. The Morgan fingerprint density at radius 2 is 1.47 bits per heavy atom. The quantitative estimate of drug-likeness (QED) is 0.524. The summed E-state index contributed by atoms with van der Waals surface area (Å²) in [5.41, 5.74) is 2.73. The van der Waals surface area contributed by atoms with E-state index in [0.29, 0.717) is 5.92 Å². The third-order valence-corrected chi connectivity index (χ3v) is 3.26. The molecule has 2 rings (SSSR count). The fraction of sp³-hybridized carbons (Fsp3) is 0.222. The zero-order chi connectivity index (χ0) is 12.6. The van der Waals surface area contributed by atoms with Crippen molar-refractivity contribution in [2.24, 2.45) is 0 Å². The summed E-state index contributed by atoms with van der Waals surface area (Å²) in [5, 5.41) is 0. The van der Waals surface area contributed by atoms with E-state index in [2.05, 4.69) is 74.0 Å². The van der Waals surface area contributed by atoms with E-state index in [-0.39, 0.29) is 23.1 Å². The molecule has 2 aromatic rings. The molecule has 19 heavy (non-hydrogen) atoms. The fourth-order valence-electron chi connectivity index (χ4n) is 2.26. The Balaban J connectivity index is 0.00000180. The van der Waals surface area contributed by atoms with Gasteiger partial charge in [-0.15, -0.1) is 12.1 Å². The predicted molar refractivity (Wildman–Crippen MR) is 84.0 cm³/mol. The minimum Gasteiger partial charge on any atom is -0.343 e. The molecule has 0 bridgehead atoms. The summed E-state index contributed by atoms with van der Waals surface area (Å²) in [5.74, 6) is 0.587. The van der Waals surface area contributed by atoms with Gasteiger partial charge in [0.2, 0.25) is 0 Å². The van der Waals surface area contributed by atoms with E-state index in [0.717, 1.165) is 19.3 Å². The van der Waals surface area contributed by atoms with Crippen molar-refractivity contribution in [3.63, 3.8) is 0 Å². The van der Waals surface area contributed by atoms with Gasteiger partial charge in [-0.3, -0.25) is 0 Å². The molecule has 0 heterocycles. The minimum absolute atomic E-state index is 0. The summed E-state index contributed by atoms with van der Waals surface area (Å²) in [4.78, 5) is 0. The van der Waals surface area contributed by atoms with Crippen LogP contribution in [0.25, 0.3) is 0 Å². The SMILES string of the molecule is [CH2-]CCC(C[CH-]c1ccccc1)c1ccccc1.[Mg+2]. The average Bonchev–Trinajstić information content (AvgIpc) is 2.45. The summed E-state index contributed by atoms with van der Waals surface area (Å²) in [7, 11) is 0. The molecule has 0 aliphatic carbocycles. The van der Waals surface area contributed by atoms with Gasteiger partial charge < -0.3 is 6.92 Å². The number of rotatable bonds is 6. The Bertz CT molecular complexity index is 436. The smallest absolute Gasteiger partial charge is 0.343 e. The maximum Gasteiger partial charge on any atom is 2.00 e. The molecular formula is C18H20Mg. The molecule has 1 heteroatoms. The van der Waals surface area contributed by atoms with Crippen LogP contribution in [0, 0.1) is 13.3 Å². The molecule has 0 aromatic heterocycles. The molecule has 0 aliphatic rings. The average molecular weight is 261 g/mol. The summed E-state index contributed by atoms with van der Waals surface area (Å²) in [6.45, 7) is 3.99. The Morgan fingerprint density at radius 3 is 2.05 bits per heavy atom. The molecule has 94 valence electrons. The van der Waals surface area contributed by atoms with Crippen LogP contribution in [0.5, 0.6) is 0 Å². The molecule has 1 atom stereocenters. The van der Waals surface area contributed by atoms with E-state index < -0.39 is 0 Å². The Labute approximate surface area is 133 Å². The van der Waals surface area contributed by atoms with Gasteiger partial charge in [0.05, 0.1) is 0 Å². The molecule has 0 saturated heterocycles. The zero-order valence-corrected chi connectivity index (χ0v) is 12.9. The van der Waals surface area contributed by atoms with Gasteiger partial charge in [-0.1, -0.05) is 49.2 Å². The summed E-state index contributed by atoms with van der Waals surface area (Å²) in [6.07, 6.45) is 5.55. The largest absolute Gasteiger partial charge is 2.00 e. The zero-order valence-electron chi connectivity index (χ0n) is 11.5. The van der Waals surface area contributed by atoms with Gasteiger partial charge >= 0.3 is 23.1 Å². The van der Waals surface area contributed by atoms with Crippen molar-refractivity contribution in [2.75, 3.05) is 0 Å². The molecule has 0 saturated carbocycles. The van der Waals surface area contributed by atoms with Crippen LogP contribution in [0.4, 0.5) is 0 Å². The molecule has 2 aromatic carbocycles. The molecule has 0 aliphatic heterocycles. The molecular weight excluding hydrogens is 241 g/mol. The third kappa shape index (κ3) is 5.29. The van der Waals surface area contributed by atoms with Gasteiger partial charge in [0, 0.05) is 0 Å². The van der Waals surface area contributed by atoms with E-state index in [4.69, 9.17) is 0 Å². The molecule has 0 spiro atoms. The monoisotopic (exact) mass is 260 g/mol. The van der Waals surface area contributed by atoms with Crippen LogP contribution in [-0.4, -0.2) is 23.1 Å². The molecule has 0 radical (unpaired) electrons. The Kier molecular flexibility index (Phi) is 7.69. The van der Waals surface area contributed by atoms with E-state index in [1.54, 1.807) is 0 Å². The van der Waals surface area contributed by atoms with Gasteiger partial charge in [0.15, 0.2) is 0 Å². The Morgan fingerprint density at radius 1 is 0.895 bits per heavy atom. The van der Waals surface area contributed by atoms with Crippen LogP contribution in [0.2, 0.25) is 0 Å². The van der Waals surface area contributed by atoms with Crippen LogP contribution < -0.4 is 0 Å². The van der Waals surface area contributed by atoms with Crippen molar-refractivity contribution >= 4 is 23.1 Å². The van der Waals surface area contributed by atoms with E-state index >= 15 is 0 Å². The normalized spacial score (nSPS) is 11.4. The Hall–Kier alpha value is -0.924. The van der Waals surface area contributed by atoms with Gasteiger partial charge in [0.25, 0.3) is 0 Å². The standard InChI is InChI=1S/C18H20.Mg/c1-2-9-17(18-12-7-4-8-13-18)15-14-16-10-5-3-6-11-16;/h3-8,10-14,17H,1-2,9,15H2;/q-2;+2. The van der Waals surface area contributed by atoms with Crippen molar-refractivity contribution in [1.29, 1.82) is 0 Å². The summed E-state index contributed by atoms with van der Waals surface area (Å²) in [6, 6.07) is 21.3. The van der Waals surface area contributed by atoms with Crippen molar-refractivity contribution in [3.05, 3.63) is 85.1 Å². The second kappa shape index (κ2) is 9.06. The predicted octanol–water partition coefficient (Wildman–Crippen LogP) is 4.65. The van der Waals surface area contributed by atoms with Crippen molar-refractivity contribution in [3.8, 4) is 0 Å². The summed E-state index contributed by atoms with van der Waals surface area (Å²) < 4.78 is 0. The number of benzene rings is 2. The second-order valence-corrected chi connectivity index (χ2v) is 4.60. The second-order valence-electron chi connectivity index (χ2n) is 4.60. The molecule has 1 unspecified atom stereocenters. The van der Waals surface area contributed by atoms with Crippen LogP contribution in [0.3, 0.4) is 0 Å². The number of hydrogen-bond acceptors (Lipinski definition) is 0. The van der Waals surface area contributed by atoms with Gasteiger partial charge in [-0.25, -0.2) is 0 Å². The maximum absolute atomic E-state index is 3.99. The first kappa shape index (κ1) is 16.1. The first-order valence-electron chi connectivity index (χ1n) is 6.62. The van der Waals surface area contributed by atoms with Crippen molar-refractivity contribution in [1.82, 2.24) is 0 Å². The van der Waals surface area contributed by atoms with E-state index in [9.17, 15) is 0 Å². The van der Waals surface area contributed by atoms with Crippen LogP contribution in [0.15, 0.2) is 60.7 Å². The minimum atomic E-state index is 0. The van der Waals surface area contributed by atoms with Gasteiger partial charge in [0.1, 0.15) is 0 Å². The van der Waals surface area contributed by atoms with Crippen molar-refractivity contribution < 1.29 is 0 Å². The van der Waals surface area contributed by atoms with Gasteiger partial charge in [-0.05, 0) is 11.5 Å².